The van der Waals surface area contributed by atoms with Crippen LogP contribution in [0.2, 0.25) is 0 Å². The van der Waals surface area contributed by atoms with Gasteiger partial charge in [0.1, 0.15) is 5.82 Å². The number of morpholine rings is 1. The van der Waals surface area contributed by atoms with Crippen molar-refractivity contribution >= 4 is 5.82 Å². The van der Waals surface area contributed by atoms with Gasteiger partial charge in [0.05, 0.1) is 24.8 Å². The summed E-state index contributed by atoms with van der Waals surface area (Å²) < 4.78 is 46.2. The fourth-order valence-corrected chi connectivity index (χ4v) is 1.74. The van der Waals surface area contributed by atoms with E-state index in [2.05, 4.69) is 9.72 Å². The molecule has 0 saturated carbocycles. The number of nitriles is 1. The first-order valence-electron chi connectivity index (χ1n) is 5.92. The molecule has 0 aromatic carbocycles. The zero-order valence-corrected chi connectivity index (χ0v) is 10.5. The van der Waals surface area contributed by atoms with Crippen LogP contribution in [0.15, 0.2) is 12.1 Å². The molecular formula is C12H12F3N3O2. The lowest BCUT2D eigenvalue weighted by Crippen LogP contribution is -2.36. The number of alkyl halides is 3. The molecule has 1 aliphatic heterocycles. The summed E-state index contributed by atoms with van der Waals surface area (Å²) in [6, 6.07) is 4.59. The number of anilines is 1. The van der Waals surface area contributed by atoms with E-state index in [9.17, 15) is 13.2 Å². The maximum Gasteiger partial charge on any atom is 0.422 e. The average Bonchev–Trinajstić information content (AvgIpc) is 2.45. The van der Waals surface area contributed by atoms with Crippen LogP contribution in [0.5, 0.6) is 5.88 Å². The highest BCUT2D eigenvalue weighted by atomic mass is 19.4. The molecule has 0 spiro atoms. The Labute approximate surface area is 113 Å². The minimum absolute atomic E-state index is 0.206. The van der Waals surface area contributed by atoms with Crippen LogP contribution in [-0.4, -0.2) is 44.1 Å². The van der Waals surface area contributed by atoms with Crippen molar-refractivity contribution in [1.82, 2.24) is 4.98 Å². The molecular weight excluding hydrogens is 275 g/mol. The van der Waals surface area contributed by atoms with Crippen molar-refractivity contribution in [3.63, 3.8) is 0 Å². The Hall–Kier alpha value is -2.01. The number of aromatic nitrogens is 1. The highest BCUT2D eigenvalue weighted by Gasteiger charge is 2.29. The fourth-order valence-electron chi connectivity index (χ4n) is 1.74. The molecule has 1 aromatic heterocycles. The van der Waals surface area contributed by atoms with Crippen molar-refractivity contribution in [2.24, 2.45) is 0 Å². The predicted octanol–water partition coefficient (Wildman–Crippen LogP) is 1.73. The van der Waals surface area contributed by atoms with Gasteiger partial charge in [0, 0.05) is 19.2 Å². The van der Waals surface area contributed by atoms with Gasteiger partial charge in [-0.15, -0.1) is 0 Å². The minimum Gasteiger partial charge on any atom is -0.468 e. The zero-order chi connectivity index (χ0) is 14.6. The zero-order valence-electron chi connectivity index (χ0n) is 10.5. The normalized spacial score (nSPS) is 15.8. The molecule has 0 amide bonds. The third-order valence-corrected chi connectivity index (χ3v) is 2.64. The molecule has 1 aliphatic rings. The largest absolute Gasteiger partial charge is 0.468 e. The fraction of sp³-hybridized carbons (Fsp3) is 0.500. The van der Waals surface area contributed by atoms with Gasteiger partial charge in [0.2, 0.25) is 5.88 Å². The number of ether oxygens (including phenoxy) is 2. The monoisotopic (exact) mass is 287 g/mol. The Morgan fingerprint density at radius 2 is 2.05 bits per heavy atom. The first-order valence-corrected chi connectivity index (χ1v) is 5.92. The topological polar surface area (TPSA) is 58.4 Å². The molecule has 1 aromatic rings. The van der Waals surface area contributed by atoms with Gasteiger partial charge in [0.25, 0.3) is 0 Å². The Kier molecular flexibility index (Phi) is 4.29. The molecule has 5 nitrogen and oxygen atoms in total. The summed E-state index contributed by atoms with van der Waals surface area (Å²) in [6.45, 7) is 0.729. The lowest BCUT2D eigenvalue weighted by molar-refractivity contribution is -0.154. The first kappa shape index (κ1) is 14.4. The molecule has 1 saturated heterocycles. The molecule has 1 fully saturated rings. The molecule has 0 unspecified atom stereocenters. The van der Waals surface area contributed by atoms with Gasteiger partial charge in [-0.05, 0) is 6.07 Å². The van der Waals surface area contributed by atoms with Gasteiger partial charge in [-0.3, -0.25) is 0 Å². The Morgan fingerprint density at radius 3 is 2.65 bits per heavy atom. The van der Waals surface area contributed by atoms with Gasteiger partial charge < -0.3 is 14.4 Å². The molecule has 108 valence electrons. The van der Waals surface area contributed by atoms with E-state index >= 15 is 0 Å². The summed E-state index contributed by atoms with van der Waals surface area (Å²) in [5.74, 6) is 0.215. The van der Waals surface area contributed by atoms with Crippen LogP contribution in [0, 0.1) is 11.3 Å². The molecule has 20 heavy (non-hydrogen) atoms. The summed E-state index contributed by atoms with van der Waals surface area (Å²) in [4.78, 5) is 5.84. The lowest BCUT2D eigenvalue weighted by atomic mass is 10.2. The Morgan fingerprint density at radius 1 is 1.35 bits per heavy atom. The van der Waals surface area contributed by atoms with E-state index < -0.39 is 12.8 Å². The van der Waals surface area contributed by atoms with E-state index in [1.165, 1.54) is 12.1 Å². The molecule has 0 bridgehead atoms. The van der Waals surface area contributed by atoms with Gasteiger partial charge in [-0.1, -0.05) is 0 Å². The molecule has 0 N–H and O–H groups in total. The third-order valence-electron chi connectivity index (χ3n) is 2.64. The number of pyridine rings is 1. The second-order valence-electron chi connectivity index (χ2n) is 4.17. The van der Waals surface area contributed by atoms with Gasteiger partial charge in [-0.25, -0.2) is 0 Å². The van der Waals surface area contributed by atoms with E-state index in [-0.39, 0.29) is 11.4 Å². The van der Waals surface area contributed by atoms with Crippen LogP contribution >= 0.6 is 0 Å². The maximum absolute atomic E-state index is 12.1. The van der Waals surface area contributed by atoms with E-state index in [0.29, 0.717) is 32.1 Å². The van der Waals surface area contributed by atoms with Crippen molar-refractivity contribution in [3.05, 3.63) is 17.7 Å². The van der Waals surface area contributed by atoms with Crippen LogP contribution < -0.4 is 9.64 Å². The SMILES string of the molecule is N#Cc1cc(OCC(F)(F)F)nc(N2CCOCC2)c1. The molecule has 8 heteroatoms. The molecule has 0 radical (unpaired) electrons. The number of hydrogen-bond donors (Lipinski definition) is 0. The highest BCUT2D eigenvalue weighted by molar-refractivity contribution is 5.48. The first-order chi connectivity index (χ1) is 9.48. The van der Waals surface area contributed by atoms with Crippen molar-refractivity contribution in [2.75, 3.05) is 37.8 Å². The summed E-state index contributed by atoms with van der Waals surface area (Å²) in [7, 11) is 0. The summed E-state index contributed by atoms with van der Waals surface area (Å²) in [5.41, 5.74) is 0.207. The Balaban J connectivity index is 2.17. The second kappa shape index (κ2) is 5.96. The average molecular weight is 287 g/mol. The third kappa shape index (κ3) is 3.99. The van der Waals surface area contributed by atoms with Crippen LogP contribution in [-0.2, 0) is 4.74 Å². The summed E-state index contributed by atoms with van der Waals surface area (Å²) in [6.07, 6.45) is -4.44. The van der Waals surface area contributed by atoms with Gasteiger partial charge >= 0.3 is 6.18 Å². The van der Waals surface area contributed by atoms with Gasteiger partial charge in [0.15, 0.2) is 6.61 Å². The van der Waals surface area contributed by atoms with Crippen molar-refractivity contribution in [3.8, 4) is 11.9 Å². The van der Waals surface area contributed by atoms with Crippen LogP contribution in [0.25, 0.3) is 0 Å². The van der Waals surface area contributed by atoms with E-state index in [0.717, 1.165) is 0 Å². The molecule has 0 atom stereocenters. The van der Waals surface area contributed by atoms with Gasteiger partial charge in [-0.2, -0.15) is 23.4 Å². The number of halogens is 3. The molecule has 2 heterocycles. The van der Waals surface area contributed by atoms with Crippen molar-refractivity contribution in [1.29, 1.82) is 5.26 Å². The smallest absolute Gasteiger partial charge is 0.422 e. The lowest BCUT2D eigenvalue weighted by Gasteiger charge is -2.28. The summed E-state index contributed by atoms with van der Waals surface area (Å²) in [5, 5.41) is 8.91. The molecule has 0 aliphatic carbocycles. The standard InChI is InChI=1S/C12H12F3N3O2/c13-12(14,15)8-20-11-6-9(7-16)5-10(17-11)18-1-3-19-4-2-18/h5-6H,1-4,8H2. The highest BCUT2D eigenvalue weighted by Crippen LogP contribution is 2.22. The van der Waals surface area contributed by atoms with E-state index in [1.54, 1.807) is 0 Å². The van der Waals surface area contributed by atoms with Crippen LogP contribution in [0.4, 0.5) is 19.0 Å². The van der Waals surface area contributed by atoms with Crippen LogP contribution in [0.1, 0.15) is 5.56 Å². The quantitative estimate of drug-likeness (QED) is 0.847. The van der Waals surface area contributed by atoms with Crippen molar-refractivity contribution < 1.29 is 22.6 Å². The van der Waals surface area contributed by atoms with Crippen molar-refractivity contribution in [2.45, 2.75) is 6.18 Å². The minimum atomic E-state index is -4.44. The number of rotatable bonds is 3. The number of hydrogen-bond acceptors (Lipinski definition) is 5. The van der Waals surface area contributed by atoms with E-state index in [1.807, 2.05) is 11.0 Å². The Bertz CT molecular complexity index is 508. The summed E-state index contributed by atoms with van der Waals surface area (Å²) >= 11 is 0. The second-order valence-corrected chi connectivity index (χ2v) is 4.17. The predicted molar refractivity (Wildman–Crippen MR) is 63.5 cm³/mol. The van der Waals surface area contributed by atoms with E-state index in [4.69, 9.17) is 10.00 Å². The van der Waals surface area contributed by atoms with Crippen LogP contribution in [0.3, 0.4) is 0 Å². The maximum atomic E-state index is 12.1. The molecule has 2 rings (SSSR count). The number of nitrogens with zero attached hydrogens (tertiary/aromatic N) is 3.